The lowest BCUT2D eigenvalue weighted by Gasteiger charge is -2.13. The second-order valence-electron chi connectivity index (χ2n) is 5.08. The van der Waals surface area contributed by atoms with Gasteiger partial charge in [0.05, 0.1) is 6.42 Å². The third kappa shape index (κ3) is 3.60. The predicted octanol–water partition coefficient (Wildman–Crippen LogP) is 2.94. The molecule has 3 nitrogen and oxygen atoms in total. The number of carbonyl (C=O) groups is 1. The summed E-state index contributed by atoms with van der Waals surface area (Å²) < 4.78 is 0. The van der Waals surface area contributed by atoms with Gasteiger partial charge in [-0.25, -0.2) is 0 Å². The van der Waals surface area contributed by atoms with Crippen LogP contribution in [0.5, 0.6) is 0 Å². The van der Waals surface area contributed by atoms with Gasteiger partial charge in [0.25, 0.3) is 0 Å². The monoisotopic (exact) mass is 268 g/mol. The first-order chi connectivity index (χ1) is 9.56. The van der Waals surface area contributed by atoms with E-state index in [1.54, 1.807) is 0 Å². The van der Waals surface area contributed by atoms with Gasteiger partial charge in [0.2, 0.25) is 5.91 Å². The van der Waals surface area contributed by atoms with Gasteiger partial charge in [-0.15, -0.1) is 0 Å². The van der Waals surface area contributed by atoms with E-state index in [9.17, 15) is 4.79 Å². The standard InChI is InChI=1S/C17H20N2O/c1-12-7-8-15(13(2)9-12)11-19-16-6-4-3-5-14(16)10-17(18)20/h3-9,19H,10-11H2,1-2H3,(H2,18,20). The largest absolute Gasteiger partial charge is 0.381 e. The molecule has 0 bridgehead atoms. The number of nitrogens with one attached hydrogen (secondary N) is 1. The predicted molar refractivity (Wildman–Crippen MR) is 82.6 cm³/mol. The third-order valence-electron chi connectivity index (χ3n) is 3.35. The first-order valence-electron chi connectivity index (χ1n) is 6.72. The number of aryl methyl sites for hydroxylation is 2. The van der Waals surface area contributed by atoms with Gasteiger partial charge in [0.1, 0.15) is 0 Å². The van der Waals surface area contributed by atoms with Crippen LogP contribution in [-0.2, 0) is 17.8 Å². The molecule has 2 aromatic rings. The second-order valence-corrected chi connectivity index (χ2v) is 5.08. The van der Waals surface area contributed by atoms with Gasteiger partial charge in [0.15, 0.2) is 0 Å². The van der Waals surface area contributed by atoms with Gasteiger partial charge in [-0.05, 0) is 36.6 Å². The van der Waals surface area contributed by atoms with Crippen molar-refractivity contribution in [3.05, 3.63) is 64.7 Å². The van der Waals surface area contributed by atoms with Gasteiger partial charge in [-0.1, -0.05) is 42.0 Å². The summed E-state index contributed by atoms with van der Waals surface area (Å²) in [6, 6.07) is 14.2. The van der Waals surface area contributed by atoms with E-state index in [-0.39, 0.29) is 12.3 Å². The van der Waals surface area contributed by atoms with Crippen LogP contribution in [0.15, 0.2) is 42.5 Å². The Labute approximate surface area is 119 Å². The average molecular weight is 268 g/mol. The zero-order valence-corrected chi connectivity index (χ0v) is 11.9. The number of rotatable bonds is 5. The van der Waals surface area contributed by atoms with E-state index in [2.05, 4.69) is 37.4 Å². The van der Waals surface area contributed by atoms with Crippen molar-refractivity contribution in [2.45, 2.75) is 26.8 Å². The quantitative estimate of drug-likeness (QED) is 0.876. The summed E-state index contributed by atoms with van der Waals surface area (Å²) in [5.41, 5.74) is 11.0. The van der Waals surface area contributed by atoms with Gasteiger partial charge in [-0.3, -0.25) is 4.79 Å². The Bertz CT molecular complexity index is 620. The molecular weight excluding hydrogens is 248 g/mol. The van der Waals surface area contributed by atoms with Crippen LogP contribution in [0.25, 0.3) is 0 Å². The zero-order chi connectivity index (χ0) is 14.5. The molecule has 20 heavy (non-hydrogen) atoms. The fourth-order valence-electron chi connectivity index (χ4n) is 2.27. The third-order valence-corrected chi connectivity index (χ3v) is 3.35. The number of amides is 1. The number of anilines is 1. The van der Waals surface area contributed by atoms with Crippen LogP contribution in [0, 0.1) is 13.8 Å². The molecule has 3 heteroatoms. The van der Waals surface area contributed by atoms with E-state index >= 15 is 0 Å². The maximum Gasteiger partial charge on any atom is 0.221 e. The number of hydrogen-bond acceptors (Lipinski definition) is 2. The van der Waals surface area contributed by atoms with Crippen molar-refractivity contribution in [2.75, 3.05) is 5.32 Å². The molecule has 2 aromatic carbocycles. The van der Waals surface area contributed by atoms with Crippen molar-refractivity contribution in [3.8, 4) is 0 Å². The number of primary amides is 1. The fourth-order valence-corrected chi connectivity index (χ4v) is 2.27. The van der Waals surface area contributed by atoms with Crippen molar-refractivity contribution in [1.29, 1.82) is 0 Å². The fraction of sp³-hybridized carbons (Fsp3) is 0.235. The first-order valence-corrected chi connectivity index (χ1v) is 6.72. The average Bonchev–Trinajstić information content (AvgIpc) is 2.39. The van der Waals surface area contributed by atoms with E-state index in [4.69, 9.17) is 5.73 Å². The van der Waals surface area contributed by atoms with Crippen LogP contribution in [0.2, 0.25) is 0 Å². The molecule has 0 atom stereocenters. The lowest BCUT2D eigenvalue weighted by molar-refractivity contribution is -0.117. The smallest absolute Gasteiger partial charge is 0.221 e. The Morgan fingerprint density at radius 3 is 2.55 bits per heavy atom. The summed E-state index contributed by atoms with van der Waals surface area (Å²) in [6.45, 7) is 4.94. The van der Waals surface area contributed by atoms with E-state index in [0.717, 1.165) is 17.8 Å². The topological polar surface area (TPSA) is 55.1 Å². The van der Waals surface area contributed by atoms with Crippen LogP contribution >= 0.6 is 0 Å². The minimum atomic E-state index is -0.314. The molecule has 0 heterocycles. The molecule has 0 aliphatic carbocycles. The van der Waals surface area contributed by atoms with Gasteiger partial charge >= 0.3 is 0 Å². The summed E-state index contributed by atoms with van der Waals surface area (Å²) in [6.07, 6.45) is 0.260. The summed E-state index contributed by atoms with van der Waals surface area (Å²) in [5.74, 6) is -0.314. The molecule has 0 aliphatic heterocycles. The number of para-hydroxylation sites is 1. The van der Waals surface area contributed by atoms with Crippen LogP contribution < -0.4 is 11.1 Å². The first kappa shape index (κ1) is 14.1. The molecule has 0 fully saturated rings. The minimum Gasteiger partial charge on any atom is -0.381 e. The molecule has 0 saturated carbocycles. The highest BCUT2D eigenvalue weighted by molar-refractivity contribution is 5.78. The SMILES string of the molecule is Cc1ccc(CNc2ccccc2CC(N)=O)c(C)c1. The highest BCUT2D eigenvalue weighted by Gasteiger charge is 2.05. The summed E-state index contributed by atoms with van der Waals surface area (Å²) >= 11 is 0. The van der Waals surface area contributed by atoms with Crippen molar-refractivity contribution in [2.24, 2.45) is 5.73 Å². The maximum atomic E-state index is 11.1. The van der Waals surface area contributed by atoms with Gasteiger partial charge < -0.3 is 11.1 Å². The molecule has 1 amide bonds. The molecule has 0 saturated heterocycles. The van der Waals surface area contributed by atoms with Gasteiger partial charge in [-0.2, -0.15) is 0 Å². The summed E-state index contributed by atoms with van der Waals surface area (Å²) in [7, 11) is 0. The Morgan fingerprint density at radius 1 is 1.10 bits per heavy atom. The van der Waals surface area contributed by atoms with Crippen LogP contribution in [0.4, 0.5) is 5.69 Å². The number of carbonyl (C=O) groups excluding carboxylic acids is 1. The highest BCUT2D eigenvalue weighted by atomic mass is 16.1. The normalized spacial score (nSPS) is 10.3. The van der Waals surface area contributed by atoms with E-state index in [0.29, 0.717) is 0 Å². The van der Waals surface area contributed by atoms with E-state index in [1.807, 2.05) is 24.3 Å². The Morgan fingerprint density at radius 2 is 1.85 bits per heavy atom. The number of benzene rings is 2. The minimum absolute atomic E-state index is 0.260. The van der Waals surface area contributed by atoms with Crippen molar-refractivity contribution in [1.82, 2.24) is 0 Å². The Hall–Kier alpha value is -2.29. The Balaban J connectivity index is 2.12. The van der Waals surface area contributed by atoms with Gasteiger partial charge in [0, 0.05) is 12.2 Å². The molecule has 0 radical (unpaired) electrons. The summed E-state index contributed by atoms with van der Waals surface area (Å²) in [5, 5.41) is 3.39. The molecule has 0 aliphatic rings. The highest BCUT2D eigenvalue weighted by Crippen LogP contribution is 2.18. The molecule has 0 spiro atoms. The number of nitrogens with two attached hydrogens (primary N) is 1. The van der Waals surface area contributed by atoms with Crippen LogP contribution in [-0.4, -0.2) is 5.91 Å². The van der Waals surface area contributed by atoms with E-state index in [1.165, 1.54) is 16.7 Å². The second kappa shape index (κ2) is 6.24. The molecule has 0 unspecified atom stereocenters. The van der Waals surface area contributed by atoms with Crippen LogP contribution in [0.3, 0.4) is 0 Å². The van der Waals surface area contributed by atoms with Crippen LogP contribution in [0.1, 0.15) is 22.3 Å². The van der Waals surface area contributed by atoms with Crippen molar-refractivity contribution < 1.29 is 4.79 Å². The lowest BCUT2D eigenvalue weighted by Crippen LogP contribution is -2.15. The molecular formula is C17H20N2O. The number of hydrogen-bond donors (Lipinski definition) is 2. The molecule has 0 aromatic heterocycles. The van der Waals surface area contributed by atoms with Crippen molar-refractivity contribution in [3.63, 3.8) is 0 Å². The molecule has 2 rings (SSSR count). The lowest BCUT2D eigenvalue weighted by atomic mass is 10.0. The summed E-state index contributed by atoms with van der Waals surface area (Å²) in [4.78, 5) is 11.1. The van der Waals surface area contributed by atoms with Crippen molar-refractivity contribution >= 4 is 11.6 Å². The maximum absolute atomic E-state index is 11.1. The molecule has 3 N–H and O–H groups in total. The zero-order valence-electron chi connectivity index (χ0n) is 11.9. The molecule has 104 valence electrons. The Kier molecular flexibility index (Phi) is 4.41. The van der Waals surface area contributed by atoms with E-state index < -0.39 is 0 Å².